The standard InChI is InChI=1S/C7H14O6/c1-12-2-3-4(8)5(9)6(10)7(11)13-3/h3-11H,2H2,1H3/t3-,4+,5-,6+,7-/m0/s1. The average Bonchev–Trinajstić information content (AvgIpc) is 2.11. The van der Waals surface area contributed by atoms with Crippen molar-refractivity contribution < 1.29 is 29.9 Å². The van der Waals surface area contributed by atoms with Crippen LogP contribution in [-0.2, 0) is 9.47 Å². The van der Waals surface area contributed by atoms with Crippen molar-refractivity contribution in [1.82, 2.24) is 0 Å². The van der Waals surface area contributed by atoms with E-state index in [4.69, 9.17) is 19.7 Å². The van der Waals surface area contributed by atoms with Gasteiger partial charge in [-0.25, -0.2) is 0 Å². The van der Waals surface area contributed by atoms with Crippen LogP contribution < -0.4 is 0 Å². The highest BCUT2D eigenvalue weighted by Gasteiger charge is 2.42. The van der Waals surface area contributed by atoms with E-state index < -0.39 is 30.7 Å². The van der Waals surface area contributed by atoms with Gasteiger partial charge in [0, 0.05) is 7.11 Å². The van der Waals surface area contributed by atoms with Gasteiger partial charge in [-0.15, -0.1) is 0 Å². The van der Waals surface area contributed by atoms with Gasteiger partial charge in [0.25, 0.3) is 0 Å². The normalized spacial score (nSPS) is 46.4. The van der Waals surface area contributed by atoms with Gasteiger partial charge in [-0.05, 0) is 0 Å². The molecule has 1 rings (SSSR count). The van der Waals surface area contributed by atoms with Crippen LogP contribution in [0.4, 0.5) is 0 Å². The Morgan fingerprint density at radius 2 is 1.69 bits per heavy atom. The Bertz CT molecular complexity index is 163. The van der Waals surface area contributed by atoms with Crippen LogP contribution in [0, 0.1) is 0 Å². The first-order valence-corrected chi connectivity index (χ1v) is 3.94. The summed E-state index contributed by atoms with van der Waals surface area (Å²) < 4.78 is 9.49. The third-order valence-corrected chi connectivity index (χ3v) is 2.02. The minimum Gasteiger partial charge on any atom is -0.387 e. The third kappa shape index (κ3) is 2.16. The maximum absolute atomic E-state index is 9.33. The van der Waals surface area contributed by atoms with E-state index in [1.165, 1.54) is 7.11 Å². The average molecular weight is 194 g/mol. The predicted molar refractivity (Wildman–Crippen MR) is 40.8 cm³/mol. The molecule has 0 aromatic heterocycles. The van der Waals surface area contributed by atoms with Crippen LogP contribution in [0.15, 0.2) is 0 Å². The van der Waals surface area contributed by atoms with Crippen molar-refractivity contribution in [3.8, 4) is 0 Å². The maximum atomic E-state index is 9.33. The SMILES string of the molecule is COC[C@@H]1O[C@H](O)[C@H](O)[C@@H](O)[C@@H]1O. The zero-order chi connectivity index (χ0) is 10.0. The number of rotatable bonds is 2. The van der Waals surface area contributed by atoms with Crippen molar-refractivity contribution in [2.75, 3.05) is 13.7 Å². The van der Waals surface area contributed by atoms with Gasteiger partial charge in [0.15, 0.2) is 6.29 Å². The second-order valence-electron chi connectivity index (χ2n) is 2.99. The second kappa shape index (κ2) is 4.32. The Hall–Kier alpha value is -0.240. The zero-order valence-corrected chi connectivity index (χ0v) is 7.20. The summed E-state index contributed by atoms with van der Waals surface area (Å²) in [5.74, 6) is 0. The summed E-state index contributed by atoms with van der Waals surface area (Å²) in [5, 5.41) is 36.7. The van der Waals surface area contributed by atoms with Crippen molar-refractivity contribution in [3.63, 3.8) is 0 Å². The number of methoxy groups -OCH3 is 1. The molecule has 78 valence electrons. The topological polar surface area (TPSA) is 99.4 Å². The predicted octanol–water partition coefficient (Wildman–Crippen LogP) is -2.57. The number of aliphatic hydroxyl groups excluding tert-OH is 4. The van der Waals surface area contributed by atoms with E-state index in [0.717, 1.165) is 0 Å². The van der Waals surface area contributed by atoms with Crippen LogP contribution in [0.2, 0.25) is 0 Å². The molecule has 0 amide bonds. The van der Waals surface area contributed by atoms with Crippen molar-refractivity contribution in [3.05, 3.63) is 0 Å². The van der Waals surface area contributed by atoms with Crippen LogP contribution in [0.1, 0.15) is 0 Å². The first kappa shape index (κ1) is 10.8. The lowest BCUT2D eigenvalue weighted by Crippen LogP contribution is -2.58. The fraction of sp³-hybridized carbons (Fsp3) is 1.00. The summed E-state index contributed by atoms with van der Waals surface area (Å²) in [4.78, 5) is 0. The molecule has 1 aliphatic rings. The zero-order valence-electron chi connectivity index (χ0n) is 7.20. The van der Waals surface area contributed by atoms with E-state index in [1.807, 2.05) is 0 Å². The van der Waals surface area contributed by atoms with E-state index in [1.54, 1.807) is 0 Å². The minimum atomic E-state index is -1.49. The molecule has 1 fully saturated rings. The van der Waals surface area contributed by atoms with Gasteiger partial charge < -0.3 is 29.9 Å². The van der Waals surface area contributed by atoms with Gasteiger partial charge in [-0.3, -0.25) is 0 Å². The highest BCUT2D eigenvalue weighted by Crippen LogP contribution is 2.19. The largest absolute Gasteiger partial charge is 0.387 e. The summed E-state index contributed by atoms with van der Waals surface area (Å²) in [6, 6.07) is 0. The molecule has 0 aliphatic carbocycles. The number of hydrogen-bond acceptors (Lipinski definition) is 6. The molecule has 0 unspecified atom stereocenters. The fourth-order valence-corrected chi connectivity index (χ4v) is 1.23. The molecule has 4 N–H and O–H groups in total. The lowest BCUT2D eigenvalue weighted by atomic mass is 9.99. The summed E-state index contributed by atoms with van der Waals surface area (Å²) in [7, 11) is 1.40. The fourth-order valence-electron chi connectivity index (χ4n) is 1.23. The van der Waals surface area contributed by atoms with Crippen LogP contribution >= 0.6 is 0 Å². The molecule has 6 nitrogen and oxygen atoms in total. The van der Waals surface area contributed by atoms with Crippen molar-refractivity contribution in [1.29, 1.82) is 0 Å². The van der Waals surface area contributed by atoms with Crippen LogP contribution in [-0.4, -0.2) is 64.8 Å². The van der Waals surface area contributed by atoms with Crippen molar-refractivity contribution >= 4 is 0 Å². The van der Waals surface area contributed by atoms with Gasteiger partial charge in [-0.1, -0.05) is 0 Å². The molecular weight excluding hydrogens is 180 g/mol. The van der Waals surface area contributed by atoms with Crippen LogP contribution in [0.5, 0.6) is 0 Å². The second-order valence-corrected chi connectivity index (χ2v) is 2.99. The Morgan fingerprint density at radius 1 is 1.08 bits per heavy atom. The van der Waals surface area contributed by atoms with Gasteiger partial charge in [0.2, 0.25) is 0 Å². The molecule has 0 aromatic carbocycles. The molecule has 0 radical (unpaired) electrons. The van der Waals surface area contributed by atoms with E-state index in [2.05, 4.69) is 0 Å². The molecule has 0 saturated carbocycles. The Kier molecular flexibility index (Phi) is 3.60. The molecule has 1 heterocycles. The first-order valence-electron chi connectivity index (χ1n) is 3.94. The molecule has 1 aliphatic heterocycles. The van der Waals surface area contributed by atoms with Gasteiger partial charge >= 0.3 is 0 Å². The molecule has 0 spiro atoms. The number of aliphatic hydroxyl groups is 4. The molecule has 5 atom stereocenters. The smallest absolute Gasteiger partial charge is 0.184 e. The Labute approximate surface area is 75.3 Å². The van der Waals surface area contributed by atoms with Crippen molar-refractivity contribution in [2.24, 2.45) is 0 Å². The van der Waals surface area contributed by atoms with E-state index in [-0.39, 0.29) is 6.61 Å². The lowest BCUT2D eigenvalue weighted by molar-refractivity contribution is -0.287. The van der Waals surface area contributed by atoms with Gasteiger partial charge in [-0.2, -0.15) is 0 Å². The third-order valence-electron chi connectivity index (χ3n) is 2.02. The van der Waals surface area contributed by atoms with Crippen LogP contribution in [0.3, 0.4) is 0 Å². The molecule has 1 saturated heterocycles. The maximum Gasteiger partial charge on any atom is 0.184 e. The Balaban J connectivity index is 2.59. The molecule has 0 bridgehead atoms. The van der Waals surface area contributed by atoms with Crippen molar-refractivity contribution in [2.45, 2.75) is 30.7 Å². The van der Waals surface area contributed by atoms with E-state index in [9.17, 15) is 10.2 Å². The highest BCUT2D eigenvalue weighted by molar-refractivity contribution is 4.88. The minimum absolute atomic E-state index is 0.0437. The molecule has 6 heteroatoms. The Morgan fingerprint density at radius 3 is 2.23 bits per heavy atom. The molecule has 13 heavy (non-hydrogen) atoms. The highest BCUT2D eigenvalue weighted by atomic mass is 16.6. The lowest BCUT2D eigenvalue weighted by Gasteiger charge is -2.37. The van der Waals surface area contributed by atoms with Crippen LogP contribution in [0.25, 0.3) is 0 Å². The van der Waals surface area contributed by atoms with Gasteiger partial charge in [0.05, 0.1) is 6.61 Å². The summed E-state index contributed by atoms with van der Waals surface area (Å²) >= 11 is 0. The summed E-state index contributed by atoms with van der Waals surface area (Å²) in [5.41, 5.74) is 0. The number of ether oxygens (including phenoxy) is 2. The monoisotopic (exact) mass is 194 g/mol. The summed E-state index contributed by atoms with van der Waals surface area (Å²) in [6.07, 6.45) is -6.46. The molecular formula is C7H14O6. The van der Waals surface area contributed by atoms with E-state index in [0.29, 0.717) is 0 Å². The quantitative estimate of drug-likeness (QED) is 0.386. The molecule has 0 aromatic rings. The summed E-state index contributed by atoms with van der Waals surface area (Å²) in [6.45, 7) is 0.0437. The number of hydrogen-bond donors (Lipinski definition) is 4. The van der Waals surface area contributed by atoms with E-state index >= 15 is 0 Å². The first-order chi connectivity index (χ1) is 6.07. The van der Waals surface area contributed by atoms with Gasteiger partial charge in [0.1, 0.15) is 24.4 Å².